The second-order valence-corrected chi connectivity index (χ2v) is 6.35. The average molecular weight is 275 g/mol. The van der Waals surface area contributed by atoms with E-state index >= 15 is 0 Å². The van der Waals surface area contributed by atoms with Crippen LogP contribution in [-0.4, -0.2) is 44.2 Å². The Morgan fingerprint density at radius 3 is 2.25 bits per heavy atom. The fraction of sp³-hybridized carbons (Fsp3) is 0.647. The lowest BCUT2D eigenvalue weighted by molar-refractivity contribution is 0.207. The third-order valence-corrected chi connectivity index (χ3v) is 4.15. The Labute approximate surface area is 123 Å². The molecule has 3 heteroatoms. The molecular formula is C17H29N3. The Hall–Kier alpha value is -1.06. The number of anilines is 1. The summed E-state index contributed by atoms with van der Waals surface area (Å²) in [5.74, 6) is 1.40. The number of hydrogen-bond donors (Lipinski definition) is 1. The molecule has 0 spiro atoms. The van der Waals surface area contributed by atoms with Crippen LogP contribution >= 0.6 is 0 Å². The van der Waals surface area contributed by atoms with Gasteiger partial charge in [-0.1, -0.05) is 32.0 Å². The normalized spacial score (nSPS) is 18.5. The Morgan fingerprint density at radius 1 is 1.05 bits per heavy atom. The summed E-state index contributed by atoms with van der Waals surface area (Å²) in [5, 5.41) is 0. The molecule has 1 unspecified atom stereocenters. The summed E-state index contributed by atoms with van der Waals surface area (Å²) in [5.41, 5.74) is 7.27. The highest BCUT2D eigenvalue weighted by atomic mass is 15.3. The molecule has 2 N–H and O–H groups in total. The molecule has 1 atom stereocenters. The van der Waals surface area contributed by atoms with E-state index in [1.54, 1.807) is 0 Å². The summed E-state index contributed by atoms with van der Waals surface area (Å²) >= 11 is 0. The minimum atomic E-state index is 0.651. The van der Waals surface area contributed by atoms with E-state index < -0.39 is 0 Å². The summed E-state index contributed by atoms with van der Waals surface area (Å²) in [6.45, 7) is 11.1. The molecule has 1 aromatic carbocycles. The van der Waals surface area contributed by atoms with E-state index in [2.05, 4.69) is 54.0 Å². The zero-order chi connectivity index (χ0) is 14.4. The molecule has 1 saturated heterocycles. The van der Waals surface area contributed by atoms with Gasteiger partial charge in [0.2, 0.25) is 0 Å². The second-order valence-electron chi connectivity index (χ2n) is 6.35. The van der Waals surface area contributed by atoms with Gasteiger partial charge < -0.3 is 10.6 Å². The van der Waals surface area contributed by atoms with Gasteiger partial charge in [-0.05, 0) is 36.9 Å². The largest absolute Gasteiger partial charge is 0.369 e. The first-order valence-electron chi connectivity index (χ1n) is 7.91. The summed E-state index contributed by atoms with van der Waals surface area (Å²) in [6.07, 6.45) is 1.25. The van der Waals surface area contributed by atoms with E-state index in [0.29, 0.717) is 5.92 Å². The van der Waals surface area contributed by atoms with Gasteiger partial charge in [0.15, 0.2) is 0 Å². The van der Waals surface area contributed by atoms with Gasteiger partial charge in [0.25, 0.3) is 0 Å². The van der Waals surface area contributed by atoms with E-state index in [1.165, 1.54) is 12.1 Å². The quantitative estimate of drug-likeness (QED) is 0.865. The molecule has 20 heavy (non-hydrogen) atoms. The van der Waals surface area contributed by atoms with E-state index in [0.717, 1.165) is 45.2 Å². The molecule has 112 valence electrons. The van der Waals surface area contributed by atoms with Gasteiger partial charge in [-0.25, -0.2) is 0 Å². The van der Waals surface area contributed by atoms with Crippen molar-refractivity contribution in [2.75, 3.05) is 44.2 Å². The van der Waals surface area contributed by atoms with Crippen molar-refractivity contribution in [1.82, 2.24) is 4.90 Å². The monoisotopic (exact) mass is 275 g/mol. The molecule has 0 bridgehead atoms. The average Bonchev–Trinajstić information content (AvgIpc) is 2.48. The van der Waals surface area contributed by atoms with Crippen LogP contribution in [-0.2, 0) is 0 Å². The predicted molar refractivity (Wildman–Crippen MR) is 87.1 cm³/mol. The van der Waals surface area contributed by atoms with Crippen LogP contribution < -0.4 is 10.6 Å². The lowest BCUT2D eigenvalue weighted by Crippen LogP contribution is -2.48. The fourth-order valence-electron chi connectivity index (χ4n) is 3.10. The van der Waals surface area contributed by atoms with Crippen LogP contribution in [0, 0.1) is 11.8 Å². The Morgan fingerprint density at radius 2 is 1.70 bits per heavy atom. The van der Waals surface area contributed by atoms with Crippen LogP contribution in [0.5, 0.6) is 0 Å². The zero-order valence-corrected chi connectivity index (χ0v) is 13.0. The lowest BCUT2D eigenvalue weighted by Gasteiger charge is -2.37. The molecule has 0 aliphatic carbocycles. The van der Waals surface area contributed by atoms with Gasteiger partial charge in [0.05, 0.1) is 0 Å². The number of nitrogens with two attached hydrogens (primary N) is 1. The standard InChI is InChI=1S/C17H29N3/c1-15(2)12-16(13-18)14-19-8-10-20(11-9-19)17-6-4-3-5-7-17/h3-7,15-16H,8-14,18H2,1-2H3. The molecule has 1 aromatic rings. The number of hydrogen-bond acceptors (Lipinski definition) is 3. The number of para-hydroxylation sites is 1. The van der Waals surface area contributed by atoms with Crippen LogP contribution in [0.3, 0.4) is 0 Å². The predicted octanol–water partition coefficient (Wildman–Crippen LogP) is 2.43. The highest BCUT2D eigenvalue weighted by molar-refractivity contribution is 5.46. The Balaban J connectivity index is 1.79. The van der Waals surface area contributed by atoms with Crippen molar-refractivity contribution in [2.45, 2.75) is 20.3 Å². The van der Waals surface area contributed by atoms with Gasteiger partial charge in [0, 0.05) is 38.4 Å². The van der Waals surface area contributed by atoms with Gasteiger partial charge in [0.1, 0.15) is 0 Å². The molecule has 0 amide bonds. The maximum Gasteiger partial charge on any atom is 0.0367 e. The van der Waals surface area contributed by atoms with E-state index in [-0.39, 0.29) is 0 Å². The minimum Gasteiger partial charge on any atom is -0.369 e. The molecule has 0 saturated carbocycles. The van der Waals surface area contributed by atoms with Crippen LogP contribution in [0.25, 0.3) is 0 Å². The van der Waals surface area contributed by atoms with Crippen molar-refractivity contribution >= 4 is 5.69 Å². The van der Waals surface area contributed by atoms with Crippen molar-refractivity contribution in [3.63, 3.8) is 0 Å². The van der Waals surface area contributed by atoms with Crippen LogP contribution in [0.2, 0.25) is 0 Å². The fourth-order valence-corrected chi connectivity index (χ4v) is 3.10. The van der Waals surface area contributed by atoms with Gasteiger partial charge in [-0.2, -0.15) is 0 Å². The molecule has 1 aliphatic heterocycles. The smallest absolute Gasteiger partial charge is 0.0367 e. The van der Waals surface area contributed by atoms with Crippen LogP contribution in [0.1, 0.15) is 20.3 Å². The molecule has 0 aromatic heterocycles. The Kier molecular flexibility index (Phi) is 5.86. The van der Waals surface area contributed by atoms with Crippen molar-refractivity contribution < 1.29 is 0 Å². The van der Waals surface area contributed by atoms with E-state index in [1.807, 2.05) is 0 Å². The first kappa shape index (κ1) is 15.3. The molecule has 3 nitrogen and oxygen atoms in total. The number of piperazine rings is 1. The summed E-state index contributed by atoms with van der Waals surface area (Å²) in [7, 11) is 0. The first-order chi connectivity index (χ1) is 9.69. The van der Waals surface area contributed by atoms with E-state index in [9.17, 15) is 0 Å². The van der Waals surface area contributed by atoms with Crippen LogP contribution in [0.4, 0.5) is 5.69 Å². The maximum atomic E-state index is 5.92. The molecule has 1 heterocycles. The molecular weight excluding hydrogens is 246 g/mol. The van der Waals surface area contributed by atoms with Gasteiger partial charge >= 0.3 is 0 Å². The molecule has 1 fully saturated rings. The second kappa shape index (κ2) is 7.65. The Bertz CT molecular complexity index is 369. The number of nitrogens with zero attached hydrogens (tertiary/aromatic N) is 2. The van der Waals surface area contributed by atoms with E-state index in [4.69, 9.17) is 5.73 Å². The third-order valence-electron chi connectivity index (χ3n) is 4.15. The zero-order valence-electron chi connectivity index (χ0n) is 13.0. The molecule has 1 aliphatic rings. The number of rotatable bonds is 6. The minimum absolute atomic E-state index is 0.651. The van der Waals surface area contributed by atoms with Gasteiger partial charge in [-0.15, -0.1) is 0 Å². The topological polar surface area (TPSA) is 32.5 Å². The van der Waals surface area contributed by atoms with Crippen molar-refractivity contribution in [3.05, 3.63) is 30.3 Å². The van der Waals surface area contributed by atoms with Gasteiger partial charge in [-0.3, -0.25) is 4.90 Å². The van der Waals surface area contributed by atoms with Crippen molar-refractivity contribution in [3.8, 4) is 0 Å². The summed E-state index contributed by atoms with van der Waals surface area (Å²) in [4.78, 5) is 5.07. The molecule has 0 radical (unpaired) electrons. The van der Waals surface area contributed by atoms with Crippen molar-refractivity contribution in [1.29, 1.82) is 0 Å². The SMILES string of the molecule is CC(C)CC(CN)CN1CCN(c2ccccc2)CC1. The maximum absolute atomic E-state index is 5.92. The molecule has 2 rings (SSSR count). The van der Waals surface area contributed by atoms with Crippen LogP contribution in [0.15, 0.2) is 30.3 Å². The third kappa shape index (κ3) is 4.50. The lowest BCUT2D eigenvalue weighted by atomic mass is 9.96. The highest BCUT2D eigenvalue weighted by Gasteiger charge is 2.20. The highest BCUT2D eigenvalue weighted by Crippen LogP contribution is 2.17. The summed E-state index contributed by atoms with van der Waals surface area (Å²) < 4.78 is 0. The first-order valence-corrected chi connectivity index (χ1v) is 7.91. The summed E-state index contributed by atoms with van der Waals surface area (Å²) in [6, 6.07) is 10.7. The van der Waals surface area contributed by atoms with Crippen molar-refractivity contribution in [2.24, 2.45) is 17.6 Å². The number of benzene rings is 1.